The number of methoxy groups -OCH3 is 2. The van der Waals surface area contributed by atoms with Gasteiger partial charge in [0.2, 0.25) is 0 Å². The number of nitrogens with two attached hydrogens (primary N) is 1. The average molecular weight is 273 g/mol. The Kier molecular flexibility index (Phi) is 4.85. The predicted molar refractivity (Wildman–Crippen MR) is 78.4 cm³/mol. The van der Waals surface area contributed by atoms with Crippen molar-refractivity contribution in [1.82, 2.24) is 0 Å². The Balaban J connectivity index is 2.02. The van der Waals surface area contributed by atoms with Crippen LogP contribution in [0.4, 0.5) is 0 Å². The highest BCUT2D eigenvalue weighted by Crippen LogP contribution is 2.25. The topological polar surface area (TPSA) is 53.7 Å². The molecule has 0 aliphatic heterocycles. The second-order valence-corrected chi connectivity index (χ2v) is 4.34. The van der Waals surface area contributed by atoms with E-state index in [2.05, 4.69) is 0 Å². The number of benzene rings is 2. The Hall–Kier alpha value is -2.20. The van der Waals surface area contributed by atoms with Gasteiger partial charge in [0.05, 0.1) is 20.3 Å². The molecule has 2 rings (SSSR count). The van der Waals surface area contributed by atoms with Crippen LogP contribution in [-0.4, -0.2) is 20.8 Å². The molecule has 1 unspecified atom stereocenters. The highest BCUT2D eigenvalue weighted by molar-refractivity contribution is 5.36. The monoisotopic (exact) mass is 273 g/mol. The third-order valence-corrected chi connectivity index (χ3v) is 3.01. The van der Waals surface area contributed by atoms with Crippen molar-refractivity contribution in [2.75, 3.05) is 20.8 Å². The Morgan fingerprint density at radius 1 is 0.950 bits per heavy atom. The van der Waals surface area contributed by atoms with Crippen molar-refractivity contribution in [3.05, 3.63) is 54.1 Å². The molecule has 0 fully saturated rings. The summed E-state index contributed by atoms with van der Waals surface area (Å²) >= 11 is 0. The molecule has 0 amide bonds. The van der Waals surface area contributed by atoms with Gasteiger partial charge in [-0.05, 0) is 18.2 Å². The zero-order valence-corrected chi connectivity index (χ0v) is 11.7. The normalized spacial score (nSPS) is 11.8. The number of rotatable bonds is 6. The average Bonchev–Trinajstić information content (AvgIpc) is 2.52. The van der Waals surface area contributed by atoms with Gasteiger partial charge in [-0.25, -0.2) is 0 Å². The largest absolute Gasteiger partial charge is 0.497 e. The predicted octanol–water partition coefficient (Wildman–Crippen LogP) is 2.78. The molecule has 4 nitrogen and oxygen atoms in total. The van der Waals surface area contributed by atoms with E-state index in [1.807, 2.05) is 48.5 Å². The van der Waals surface area contributed by atoms with Gasteiger partial charge in [-0.15, -0.1) is 0 Å². The molecule has 2 aromatic rings. The minimum Gasteiger partial charge on any atom is -0.497 e. The maximum atomic E-state index is 6.15. The molecule has 0 aliphatic carbocycles. The van der Waals surface area contributed by atoms with E-state index in [0.717, 1.165) is 22.8 Å². The van der Waals surface area contributed by atoms with Gasteiger partial charge in [0.25, 0.3) is 0 Å². The lowest BCUT2D eigenvalue weighted by molar-refractivity contribution is 0.285. The van der Waals surface area contributed by atoms with E-state index < -0.39 is 0 Å². The highest BCUT2D eigenvalue weighted by atomic mass is 16.5. The highest BCUT2D eigenvalue weighted by Gasteiger charge is 2.12. The maximum absolute atomic E-state index is 6.15. The van der Waals surface area contributed by atoms with Crippen molar-refractivity contribution in [1.29, 1.82) is 0 Å². The Morgan fingerprint density at radius 2 is 1.70 bits per heavy atom. The van der Waals surface area contributed by atoms with Gasteiger partial charge in [0, 0.05) is 11.6 Å². The Bertz CT molecular complexity index is 557. The van der Waals surface area contributed by atoms with Crippen molar-refractivity contribution in [2.45, 2.75) is 6.04 Å². The lowest BCUT2D eigenvalue weighted by Crippen LogP contribution is -2.19. The molecule has 0 bridgehead atoms. The van der Waals surface area contributed by atoms with Crippen LogP contribution in [0, 0.1) is 0 Å². The van der Waals surface area contributed by atoms with Crippen LogP contribution < -0.4 is 19.9 Å². The van der Waals surface area contributed by atoms with Crippen molar-refractivity contribution in [3.8, 4) is 17.2 Å². The van der Waals surface area contributed by atoms with Crippen LogP contribution in [0.2, 0.25) is 0 Å². The fraction of sp³-hybridized carbons (Fsp3) is 0.250. The molecule has 0 heterocycles. The molecule has 0 aromatic heterocycles. The van der Waals surface area contributed by atoms with Gasteiger partial charge < -0.3 is 19.9 Å². The third-order valence-electron chi connectivity index (χ3n) is 3.01. The summed E-state index contributed by atoms with van der Waals surface area (Å²) in [6.07, 6.45) is 0. The molecule has 0 saturated carbocycles. The van der Waals surface area contributed by atoms with E-state index in [0.29, 0.717) is 6.61 Å². The van der Waals surface area contributed by atoms with Gasteiger partial charge in [0.15, 0.2) is 0 Å². The summed E-state index contributed by atoms with van der Waals surface area (Å²) in [7, 11) is 3.26. The smallest absolute Gasteiger partial charge is 0.123 e. The van der Waals surface area contributed by atoms with E-state index in [4.69, 9.17) is 19.9 Å². The number of hydrogen-bond donors (Lipinski definition) is 1. The fourth-order valence-corrected chi connectivity index (χ4v) is 1.94. The van der Waals surface area contributed by atoms with E-state index >= 15 is 0 Å². The number of ether oxygens (including phenoxy) is 3. The minimum absolute atomic E-state index is 0.252. The second kappa shape index (κ2) is 6.82. The van der Waals surface area contributed by atoms with Crippen LogP contribution in [0.5, 0.6) is 17.2 Å². The standard InChI is InChI=1S/C16H19NO3/c1-18-12-6-5-7-13(10-12)20-11-15(17)14-8-3-4-9-16(14)19-2/h3-10,15H,11,17H2,1-2H3. The molecule has 106 valence electrons. The lowest BCUT2D eigenvalue weighted by Gasteiger charge is -2.16. The van der Waals surface area contributed by atoms with E-state index in [1.165, 1.54) is 0 Å². The van der Waals surface area contributed by atoms with E-state index in [9.17, 15) is 0 Å². The van der Waals surface area contributed by atoms with E-state index in [1.54, 1.807) is 14.2 Å². The molecule has 2 N–H and O–H groups in total. The molecule has 0 saturated heterocycles. The van der Waals surface area contributed by atoms with Gasteiger partial charge in [-0.3, -0.25) is 0 Å². The molecule has 20 heavy (non-hydrogen) atoms. The molecular formula is C16H19NO3. The summed E-state index contributed by atoms with van der Waals surface area (Å²) in [6.45, 7) is 0.369. The molecular weight excluding hydrogens is 254 g/mol. The van der Waals surface area contributed by atoms with Gasteiger partial charge >= 0.3 is 0 Å². The van der Waals surface area contributed by atoms with Crippen LogP contribution in [-0.2, 0) is 0 Å². The summed E-state index contributed by atoms with van der Waals surface area (Å²) in [5.41, 5.74) is 7.08. The maximum Gasteiger partial charge on any atom is 0.123 e. The Morgan fingerprint density at radius 3 is 2.45 bits per heavy atom. The minimum atomic E-state index is -0.252. The van der Waals surface area contributed by atoms with Crippen molar-refractivity contribution < 1.29 is 14.2 Å². The summed E-state index contributed by atoms with van der Waals surface area (Å²) in [4.78, 5) is 0. The fourth-order valence-electron chi connectivity index (χ4n) is 1.94. The zero-order chi connectivity index (χ0) is 14.4. The van der Waals surface area contributed by atoms with Crippen LogP contribution in [0.3, 0.4) is 0 Å². The SMILES string of the molecule is COc1cccc(OCC(N)c2ccccc2OC)c1. The zero-order valence-electron chi connectivity index (χ0n) is 11.7. The third kappa shape index (κ3) is 3.42. The molecule has 0 aliphatic rings. The quantitative estimate of drug-likeness (QED) is 0.879. The number of para-hydroxylation sites is 1. The van der Waals surface area contributed by atoms with Crippen LogP contribution in [0.25, 0.3) is 0 Å². The first kappa shape index (κ1) is 14.2. The van der Waals surface area contributed by atoms with Gasteiger partial charge in [-0.1, -0.05) is 24.3 Å². The van der Waals surface area contributed by atoms with Gasteiger partial charge in [0.1, 0.15) is 23.9 Å². The molecule has 4 heteroatoms. The van der Waals surface area contributed by atoms with Crippen molar-refractivity contribution in [3.63, 3.8) is 0 Å². The molecule has 1 atom stereocenters. The summed E-state index contributed by atoms with van der Waals surface area (Å²) in [5.74, 6) is 2.26. The first-order chi connectivity index (χ1) is 9.74. The lowest BCUT2D eigenvalue weighted by atomic mass is 10.1. The van der Waals surface area contributed by atoms with Crippen LogP contribution in [0.15, 0.2) is 48.5 Å². The van der Waals surface area contributed by atoms with Crippen molar-refractivity contribution >= 4 is 0 Å². The Labute approximate surface area is 119 Å². The van der Waals surface area contributed by atoms with Crippen LogP contribution >= 0.6 is 0 Å². The van der Waals surface area contributed by atoms with Crippen molar-refractivity contribution in [2.24, 2.45) is 5.73 Å². The van der Waals surface area contributed by atoms with Crippen LogP contribution in [0.1, 0.15) is 11.6 Å². The van der Waals surface area contributed by atoms with Gasteiger partial charge in [-0.2, -0.15) is 0 Å². The second-order valence-electron chi connectivity index (χ2n) is 4.34. The molecule has 0 spiro atoms. The molecule has 2 aromatic carbocycles. The summed E-state index contributed by atoms with van der Waals surface area (Å²) < 4.78 is 16.2. The van der Waals surface area contributed by atoms with E-state index in [-0.39, 0.29) is 6.04 Å². The number of hydrogen-bond acceptors (Lipinski definition) is 4. The molecule has 0 radical (unpaired) electrons. The summed E-state index contributed by atoms with van der Waals surface area (Å²) in [5, 5.41) is 0. The first-order valence-electron chi connectivity index (χ1n) is 6.40. The first-order valence-corrected chi connectivity index (χ1v) is 6.40. The summed E-state index contributed by atoms with van der Waals surface area (Å²) in [6, 6.07) is 14.9.